The molecular formula is C25H25F2N7O2. The maximum atomic E-state index is 15.3. The molecule has 1 aliphatic heterocycles. The normalized spacial score (nSPS) is 20.9. The van der Waals surface area contributed by atoms with E-state index in [1.54, 1.807) is 18.3 Å². The first-order chi connectivity index (χ1) is 17.2. The first-order valence-corrected chi connectivity index (χ1v) is 11.3. The van der Waals surface area contributed by atoms with Gasteiger partial charge < -0.3 is 15.7 Å². The lowest BCUT2D eigenvalue weighted by molar-refractivity contribution is 0.186. The number of anilines is 1. The van der Waals surface area contributed by atoms with E-state index in [4.69, 9.17) is 5.11 Å². The quantitative estimate of drug-likeness (QED) is 0.374. The molecule has 0 aliphatic carbocycles. The Morgan fingerprint density at radius 3 is 2.75 bits per heavy atom. The van der Waals surface area contributed by atoms with Crippen molar-refractivity contribution in [1.82, 2.24) is 20.4 Å². The predicted molar refractivity (Wildman–Crippen MR) is 132 cm³/mol. The number of aromatic nitrogens is 2. The monoisotopic (exact) mass is 493 g/mol. The Bertz CT molecular complexity index is 1380. The number of amides is 1. The number of aliphatic imine (C=N–C) groups is 1. The minimum atomic E-state index is -1.56. The fourth-order valence-electron chi connectivity index (χ4n) is 4.21. The number of nitriles is 1. The van der Waals surface area contributed by atoms with Crippen molar-refractivity contribution in [3.05, 3.63) is 71.9 Å². The van der Waals surface area contributed by atoms with Crippen molar-refractivity contribution in [2.45, 2.75) is 44.2 Å². The van der Waals surface area contributed by atoms with Crippen molar-refractivity contribution in [3.63, 3.8) is 0 Å². The van der Waals surface area contributed by atoms with Gasteiger partial charge in [0, 0.05) is 35.4 Å². The van der Waals surface area contributed by atoms with Crippen LogP contribution in [0.4, 0.5) is 19.3 Å². The van der Waals surface area contributed by atoms with Crippen LogP contribution in [-0.4, -0.2) is 44.9 Å². The molecule has 11 heteroatoms. The largest absolute Gasteiger partial charge is 0.465 e. The van der Waals surface area contributed by atoms with Crippen LogP contribution in [0.5, 0.6) is 0 Å². The van der Waals surface area contributed by atoms with E-state index < -0.39 is 41.5 Å². The smallest absolute Gasteiger partial charge is 0.404 e. The molecule has 9 nitrogen and oxygen atoms in total. The highest BCUT2D eigenvalue weighted by atomic mass is 19.1. The summed E-state index contributed by atoms with van der Waals surface area (Å²) in [6, 6.07) is 11.6. The molecule has 0 saturated heterocycles. The second-order valence-electron chi connectivity index (χ2n) is 8.45. The summed E-state index contributed by atoms with van der Waals surface area (Å²) in [4.78, 5) is 15.4. The SMILES string of the molecule is CCn1ncc2cc(NC3(C#N)C=NC(N[C@H](c4ccccc4F)[C@H](C)NC(=O)O)C(F)=C3)ccc21. The number of benzene rings is 2. The first-order valence-electron chi connectivity index (χ1n) is 11.3. The van der Waals surface area contributed by atoms with E-state index in [-0.39, 0.29) is 5.56 Å². The Balaban J connectivity index is 1.57. The summed E-state index contributed by atoms with van der Waals surface area (Å²) >= 11 is 0. The Kier molecular flexibility index (Phi) is 6.98. The van der Waals surface area contributed by atoms with Gasteiger partial charge >= 0.3 is 6.09 Å². The number of carbonyl (C=O) groups is 1. The van der Waals surface area contributed by atoms with Gasteiger partial charge in [-0.15, -0.1) is 0 Å². The van der Waals surface area contributed by atoms with Crippen molar-refractivity contribution in [1.29, 1.82) is 5.26 Å². The van der Waals surface area contributed by atoms with Crippen molar-refractivity contribution in [2.24, 2.45) is 4.99 Å². The fourth-order valence-corrected chi connectivity index (χ4v) is 4.21. The van der Waals surface area contributed by atoms with Crippen LogP contribution in [0.1, 0.15) is 25.5 Å². The third-order valence-corrected chi connectivity index (χ3v) is 5.96. The zero-order valence-electron chi connectivity index (χ0n) is 19.6. The van der Waals surface area contributed by atoms with Crippen LogP contribution in [0.2, 0.25) is 0 Å². The zero-order valence-corrected chi connectivity index (χ0v) is 19.6. The standard InChI is InChI=1S/C25H25F2N7O2/c1-3-34-21-9-8-17(10-16(21)12-30-34)33-25(13-28)11-20(27)23(29-14-25)32-22(15(2)31-24(35)36)18-6-4-5-7-19(18)26/h4-12,14-15,22-23,31-33H,3H2,1-2H3,(H,35,36)/t15-,22-,23?,25?/m0/s1. The minimum Gasteiger partial charge on any atom is -0.465 e. The second-order valence-corrected chi connectivity index (χ2v) is 8.45. The molecule has 4 N–H and O–H groups in total. The molecule has 2 unspecified atom stereocenters. The summed E-state index contributed by atoms with van der Waals surface area (Å²) < 4.78 is 31.6. The van der Waals surface area contributed by atoms with Gasteiger partial charge in [0.2, 0.25) is 0 Å². The molecule has 3 aromatic rings. The van der Waals surface area contributed by atoms with E-state index >= 15 is 4.39 Å². The van der Waals surface area contributed by atoms with Gasteiger partial charge in [0.05, 0.1) is 17.8 Å². The molecule has 2 aromatic carbocycles. The molecule has 0 fully saturated rings. The Labute approximate surface area is 206 Å². The van der Waals surface area contributed by atoms with E-state index in [2.05, 4.69) is 26.0 Å². The maximum Gasteiger partial charge on any atom is 0.404 e. The molecule has 2 heterocycles. The van der Waals surface area contributed by atoms with Gasteiger partial charge in [-0.1, -0.05) is 18.2 Å². The van der Waals surface area contributed by atoms with E-state index in [1.807, 2.05) is 29.8 Å². The number of fused-ring (bicyclic) bond motifs is 1. The number of carboxylic acid groups (broad SMARTS) is 1. The number of nitrogens with zero attached hydrogens (tertiary/aromatic N) is 4. The first kappa shape index (κ1) is 24.8. The molecular weight excluding hydrogens is 468 g/mol. The molecule has 1 aromatic heterocycles. The van der Waals surface area contributed by atoms with E-state index in [1.165, 1.54) is 31.3 Å². The average molecular weight is 494 g/mol. The summed E-state index contributed by atoms with van der Waals surface area (Å²) in [5.74, 6) is -1.34. The van der Waals surface area contributed by atoms with Crippen molar-refractivity contribution in [3.8, 4) is 6.07 Å². The molecule has 36 heavy (non-hydrogen) atoms. The van der Waals surface area contributed by atoms with Crippen LogP contribution in [0.25, 0.3) is 10.9 Å². The van der Waals surface area contributed by atoms with E-state index in [0.717, 1.165) is 17.0 Å². The molecule has 1 amide bonds. The molecule has 4 atom stereocenters. The highest BCUT2D eigenvalue weighted by Crippen LogP contribution is 2.28. The molecule has 0 bridgehead atoms. The molecule has 0 spiro atoms. The lowest BCUT2D eigenvalue weighted by Gasteiger charge is -2.32. The number of halogens is 2. The number of hydrogen-bond acceptors (Lipinski definition) is 6. The Morgan fingerprint density at radius 1 is 1.31 bits per heavy atom. The molecule has 1 aliphatic rings. The topological polar surface area (TPSA) is 127 Å². The highest BCUT2D eigenvalue weighted by molar-refractivity contribution is 5.87. The number of dihydropyridines is 1. The summed E-state index contributed by atoms with van der Waals surface area (Å²) in [5, 5.41) is 32.3. The van der Waals surface area contributed by atoms with E-state index in [0.29, 0.717) is 12.2 Å². The number of aryl methyl sites for hydroxylation is 1. The predicted octanol–water partition coefficient (Wildman–Crippen LogP) is 4.12. The third-order valence-electron chi connectivity index (χ3n) is 5.96. The fraction of sp³-hybridized carbons (Fsp3) is 0.280. The van der Waals surface area contributed by atoms with Crippen LogP contribution in [0.15, 0.2) is 65.6 Å². The van der Waals surface area contributed by atoms with Crippen molar-refractivity contribution < 1.29 is 18.7 Å². The van der Waals surface area contributed by atoms with Gasteiger partial charge in [-0.2, -0.15) is 10.4 Å². The summed E-state index contributed by atoms with van der Waals surface area (Å²) in [6.45, 7) is 4.22. The number of rotatable bonds is 8. The summed E-state index contributed by atoms with van der Waals surface area (Å²) in [6.07, 6.45) is 1.54. The molecule has 4 rings (SSSR count). The molecule has 0 saturated carbocycles. The van der Waals surface area contributed by atoms with Crippen molar-refractivity contribution >= 4 is 28.9 Å². The zero-order chi connectivity index (χ0) is 25.9. The lowest BCUT2D eigenvalue weighted by Crippen LogP contribution is -2.48. The van der Waals surface area contributed by atoms with Crippen LogP contribution >= 0.6 is 0 Å². The van der Waals surface area contributed by atoms with Crippen molar-refractivity contribution in [2.75, 3.05) is 5.32 Å². The minimum absolute atomic E-state index is 0.151. The Morgan fingerprint density at radius 2 is 2.08 bits per heavy atom. The highest BCUT2D eigenvalue weighted by Gasteiger charge is 2.35. The van der Waals surface area contributed by atoms with Crippen LogP contribution in [-0.2, 0) is 6.54 Å². The molecule has 0 radical (unpaired) electrons. The summed E-state index contributed by atoms with van der Waals surface area (Å²) in [7, 11) is 0. The average Bonchev–Trinajstić information content (AvgIpc) is 3.26. The van der Waals surface area contributed by atoms with Crippen LogP contribution in [0.3, 0.4) is 0 Å². The van der Waals surface area contributed by atoms with Gasteiger partial charge in [0.15, 0.2) is 11.7 Å². The van der Waals surface area contributed by atoms with Gasteiger partial charge in [-0.3, -0.25) is 15.0 Å². The van der Waals surface area contributed by atoms with Gasteiger partial charge in [-0.05, 0) is 44.2 Å². The number of hydrogen-bond donors (Lipinski definition) is 4. The van der Waals surface area contributed by atoms with Gasteiger partial charge in [0.25, 0.3) is 0 Å². The van der Waals surface area contributed by atoms with Gasteiger partial charge in [-0.25, -0.2) is 13.6 Å². The third kappa shape index (κ3) is 5.04. The van der Waals surface area contributed by atoms with Crippen LogP contribution in [0, 0.1) is 17.1 Å². The summed E-state index contributed by atoms with van der Waals surface area (Å²) in [5.41, 5.74) is 0.0958. The van der Waals surface area contributed by atoms with Gasteiger partial charge in [0.1, 0.15) is 17.7 Å². The number of nitrogens with one attached hydrogen (secondary N) is 3. The lowest BCUT2D eigenvalue weighted by atomic mass is 9.96. The van der Waals surface area contributed by atoms with E-state index in [9.17, 15) is 14.4 Å². The maximum absolute atomic E-state index is 15.3. The molecule has 186 valence electrons. The Hall–Kier alpha value is -4.30. The van der Waals surface area contributed by atoms with Crippen LogP contribution < -0.4 is 16.0 Å². The second kappa shape index (κ2) is 10.1.